The van der Waals surface area contributed by atoms with Gasteiger partial charge >= 0.3 is 11.9 Å². The summed E-state index contributed by atoms with van der Waals surface area (Å²) in [6.45, 7) is 0.218. The number of likely N-dealkylation sites (tertiary alicyclic amines) is 2. The average molecular weight is 438 g/mol. The number of carbonyl (C=O) groups excluding carboxylic acids is 3. The number of nitrogens with zero attached hydrogens (tertiary/aromatic N) is 4. The minimum atomic E-state index is -1.63. The Morgan fingerprint density at radius 3 is 1.56 bits per heavy atom. The topological polar surface area (TPSA) is 102 Å². The second kappa shape index (κ2) is 8.07. The maximum absolute atomic E-state index is 14.4. The number of pyridine rings is 2. The first-order valence-electron chi connectivity index (χ1n) is 10.3. The van der Waals surface area contributed by atoms with Crippen LogP contribution >= 0.6 is 0 Å². The van der Waals surface area contributed by atoms with Crippen molar-refractivity contribution in [3.05, 3.63) is 60.2 Å². The molecule has 2 aliphatic rings. The summed E-state index contributed by atoms with van der Waals surface area (Å²) in [6.07, 6.45) is 6.48. The summed E-state index contributed by atoms with van der Waals surface area (Å²) in [7, 11) is 6.14. The molecule has 2 bridgehead atoms. The van der Waals surface area contributed by atoms with Crippen LogP contribution in [0.5, 0.6) is 0 Å². The SMILES string of the molecule is COC(=O)C12CN(C)CC(C(=O)OC)(C1=O)C(c1ccncc1)N(C)C2c1ccncc1. The second-order valence-corrected chi connectivity index (χ2v) is 8.46. The third-order valence-electron chi connectivity index (χ3n) is 6.74. The van der Waals surface area contributed by atoms with Crippen LogP contribution in [0.2, 0.25) is 0 Å². The lowest BCUT2D eigenvalue weighted by molar-refractivity contribution is -0.202. The summed E-state index contributed by atoms with van der Waals surface area (Å²) in [5.41, 5.74) is -1.80. The number of Topliss-reactive ketones (excluding diaryl/α,β-unsaturated/α-hetero) is 1. The summed E-state index contributed by atoms with van der Waals surface area (Å²) < 4.78 is 10.4. The molecule has 4 unspecified atom stereocenters. The number of hydrogen-bond donors (Lipinski definition) is 0. The van der Waals surface area contributed by atoms with E-state index in [-0.39, 0.29) is 13.1 Å². The zero-order chi connectivity index (χ0) is 23.1. The molecular weight excluding hydrogens is 412 g/mol. The van der Waals surface area contributed by atoms with Gasteiger partial charge in [0.25, 0.3) is 0 Å². The number of aromatic nitrogens is 2. The van der Waals surface area contributed by atoms with E-state index in [9.17, 15) is 14.4 Å². The highest BCUT2D eigenvalue weighted by atomic mass is 16.5. The van der Waals surface area contributed by atoms with Gasteiger partial charge in [0.1, 0.15) is 0 Å². The molecule has 0 saturated carbocycles. The minimum absolute atomic E-state index is 0.109. The highest BCUT2D eigenvalue weighted by Crippen LogP contribution is 2.60. The van der Waals surface area contributed by atoms with Crippen LogP contribution in [-0.4, -0.2) is 78.9 Å². The fourth-order valence-electron chi connectivity index (χ4n) is 5.75. The summed E-state index contributed by atoms with van der Waals surface area (Å²) in [5.74, 6) is -1.84. The largest absolute Gasteiger partial charge is 0.468 e. The van der Waals surface area contributed by atoms with Crippen LogP contribution in [0.25, 0.3) is 0 Å². The molecule has 0 N–H and O–H groups in total. The molecule has 4 heterocycles. The zero-order valence-corrected chi connectivity index (χ0v) is 18.5. The number of hydrogen-bond acceptors (Lipinski definition) is 9. The van der Waals surface area contributed by atoms with E-state index in [0.29, 0.717) is 0 Å². The van der Waals surface area contributed by atoms with Crippen LogP contribution < -0.4 is 0 Å². The van der Waals surface area contributed by atoms with Gasteiger partial charge < -0.3 is 14.4 Å². The van der Waals surface area contributed by atoms with Crippen molar-refractivity contribution in [2.45, 2.75) is 12.1 Å². The molecule has 2 aromatic rings. The first-order chi connectivity index (χ1) is 15.3. The molecule has 0 spiro atoms. The number of fused-ring (bicyclic) bond motifs is 2. The third-order valence-corrected chi connectivity index (χ3v) is 6.74. The van der Waals surface area contributed by atoms with Gasteiger partial charge in [-0.05, 0) is 49.5 Å². The molecule has 9 heteroatoms. The summed E-state index contributed by atoms with van der Waals surface area (Å²) >= 11 is 0. The van der Waals surface area contributed by atoms with E-state index < -0.39 is 40.6 Å². The first-order valence-corrected chi connectivity index (χ1v) is 10.3. The number of methoxy groups -OCH3 is 2. The highest BCUT2D eigenvalue weighted by Gasteiger charge is 2.74. The van der Waals surface area contributed by atoms with Crippen LogP contribution in [-0.2, 0) is 23.9 Å². The maximum Gasteiger partial charge on any atom is 0.322 e. The van der Waals surface area contributed by atoms with E-state index in [2.05, 4.69) is 9.97 Å². The standard InChI is InChI=1S/C23H26N4O5/c1-26-13-22(20(29)31-3)17(15-5-9-24-10-6-15)27(2)18(16-7-11-25-12-8-16)23(14-26,19(22)28)21(30)32-4/h5-12,17-18H,13-14H2,1-4H3. The Hall–Kier alpha value is -3.17. The molecule has 2 aromatic heterocycles. The van der Waals surface area contributed by atoms with Crippen molar-refractivity contribution in [1.29, 1.82) is 0 Å². The molecule has 9 nitrogen and oxygen atoms in total. The Kier molecular flexibility index (Phi) is 5.56. The van der Waals surface area contributed by atoms with Gasteiger partial charge in [0.05, 0.1) is 26.3 Å². The summed E-state index contributed by atoms with van der Waals surface area (Å²) in [5, 5.41) is 0. The third kappa shape index (κ3) is 2.88. The van der Waals surface area contributed by atoms with Crippen LogP contribution in [0.1, 0.15) is 23.2 Å². The van der Waals surface area contributed by atoms with Gasteiger partial charge in [-0.1, -0.05) is 0 Å². The molecule has 0 aliphatic carbocycles. The average Bonchev–Trinajstić information content (AvgIpc) is 2.81. The van der Waals surface area contributed by atoms with Crippen LogP contribution in [0, 0.1) is 10.8 Å². The number of piperidine rings is 2. The number of esters is 2. The molecule has 2 aliphatic heterocycles. The Morgan fingerprint density at radius 1 is 0.844 bits per heavy atom. The van der Waals surface area contributed by atoms with Crippen molar-refractivity contribution in [2.24, 2.45) is 10.8 Å². The molecule has 168 valence electrons. The van der Waals surface area contributed by atoms with E-state index in [1.807, 2.05) is 16.8 Å². The monoisotopic (exact) mass is 438 g/mol. The fourth-order valence-corrected chi connectivity index (χ4v) is 5.75. The van der Waals surface area contributed by atoms with Gasteiger partial charge in [-0.2, -0.15) is 0 Å². The van der Waals surface area contributed by atoms with Crippen molar-refractivity contribution in [1.82, 2.24) is 19.8 Å². The minimum Gasteiger partial charge on any atom is -0.468 e. The van der Waals surface area contributed by atoms with Gasteiger partial charge in [-0.3, -0.25) is 29.3 Å². The van der Waals surface area contributed by atoms with Gasteiger partial charge in [0.15, 0.2) is 16.6 Å². The highest BCUT2D eigenvalue weighted by molar-refractivity contribution is 6.17. The van der Waals surface area contributed by atoms with Crippen LogP contribution in [0.3, 0.4) is 0 Å². The molecule has 0 amide bonds. The van der Waals surface area contributed by atoms with Crippen LogP contribution in [0.15, 0.2) is 49.1 Å². The lowest BCUT2D eigenvalue weighted by Crippen LogP contribution is -2.75. The molecule has 0 radical (unpaired) electrons. The predicted molar refractivity (Wildman–Crippen MR) is 113 cm³/mol. The van der Waals surface area contributed by atoms with Crippen molar-refractivity contribution in [3.63, 3.8) is 0 Å². The normalized spacial score (nSPS) is 30.6. The fraction of sp³-hybridized carbons (Fsp3) is 0.435. The Balaban J connectivity index is 2.07. The maximum atomic E-state index is 14.4. The Morgan fingerprint density at radius 2 is 1.22 bits per heavy atom. The van der Waals surface area contributed by atoms with E-state index in [1.54, 1.807) is 56.1 Å². The molecular formula is C23H26N4O5. The van der Waals surface area contributed by atoms with E-state index >= 15 is 0 Å². The number of rotatable bonds is 4. The molecule has 4 rings (SSSR count). The van der Waals surface area contributed by atoms with E-state index in [0.717, 1.165) is 11.1 Å². The van der Waals surface area contributed by atoms with Gasteiger partial charge in [0.2, 0.25) is 0 Å². The molecule has 2 saturated heterocycles. The van der Waals surface area contributed by atoms with Crippen molar-refractivity contribution in [2.75, 3.05) is 41.4 Å². The quantitative estimate of drug-likeness (QED) is 0.512. The van der Waals surface area contributed by atoms with Gasteiger partial charge in [0, 0.05) is 37.9 Å². The second-order valence-electron chi connectivity index (χ2n) is 8.46. The number of ether oxygens (including phenoxy) is 2. The summed E-state index contributed by atoms with van der Waals surface area (Å²) in [4.78, 5) is 53.2. The van der Waals surface area contributed by atoms with Gasteiger partial charge in [-0.25, -0.2) is 0 Å². The first kappa shape index (κ1) is 22.0. The lowest BCUT2D eigenvalue weighted by Gasteiger charge is -2.60. The van der Waals surface area contributed by atoms with E-state index in [1.165, 1.54) is 14.2 Å². The Labute approximate surface area is 186 Å². The van der Waals surface area contributed by atoms with Crippen molar-refractivity contribution >= 4 is 17.7 Å². The Bertz CT molecular complexity index is 954. The van der Waals surface area contributed by atoms with E-state index in [4.69, 9.17) is 9.47 Å². The number of ketones is 1. The van der Waals surface area contributed by atoms with Gasteiger partial charge in [-0.15, -0.1) is 0 Å². The van der Waals surface area contributed by atoms with Crippen molar-refractivity contribution in [3.8, 4) is 0 Å². The van der Waals surface area contributed by atoms with Crippen LogP contribution in [0.4, 0.5) is 0 Å². The molecule has 0 aromatic carbocycles. The van der Waals surface area contributed by atoms with Crippen molar-refractivity contribution < 1.29 is 23.9 Å². The zero-order valence-electron chi connectivity index (χ0n) is 18.5. The molecule has 4 atom stereocenters. The number of carbonyl (C=O) groups is 3. The molecule has 32 heavy (non-hydrogen) atoms. The predicted octanol–water partition coefficient (Wildman–Crippen LogP) is 1.04. The smallest absolute Gasteiger partial charge is 0.322 e. The molecule has 2 fully saturated rings. The summed E-state index contributed by atoms with van der Waals surface area (Å²) in [6, 6.07) is 5.74. The lowest BCUT2D eigenvalue weighted by atomic mass is 9.54.